The van der Waals surface area contributed by atoms with Gasteiger partial charge in [0.05, 0.1) is 11.1 Å². The second kappa shape index (κ2) is 9.71. The summed E-state index contributed by atoms with van der Waals surface area (Å²) in [7, 11) is 0. The lowest BCUT2D eigenvalue weighted by Gasteiger charge is -2.25. The highest BCUT2D eigenvalue weighted by molar-refractivity contribution is 7.98. The van der Waals surface area contributed by atoms with E-state index in [0.717, 1.165) is 4.90 Å². The average molecular weight is 434 g/mol. The number of ether oxygens (including phenoxy) is 1. The van der Waals surface area contributed by atoms with Gasteiger partial charge in [-0.1, -0.05) is 24.3 Å². The lowest BCUT2D eigenvalue weighted by Crippen LogP contribution is -2.49. The highest BCUT2D eigenvalue weighted by Gasteiger charge is 2.42. The Kier molecular flexibility index (Phi) is 7.04. The van der Waals surface area contributed by atoms with Crippen molar-refractivity contribution in [1.29, 1.82) is 0 Å². The van der Waals surface area contributed by atoms with Crippen molar-refractivity contribution in [2.24, 2.45) is 0 Å². The molecule has 0 unspecified atom stereocenters. The molecular formula is C21H20F2N2O4S. The van der Waals surface area contributed by atoms with E-state index in [-0.39, 0.29) is 12.3 Å². The van der Waals surface area contributed by atoms with E-state index >= 15 is 0 Å². The molecule has 0 radical (unpaired) electrons. The van der Waals surface area contributed by atoms with Crippen LogP contribution < -0.4 is 10.1 Å². The normalized spacial score (nSPS) is 14.1. The molecule has 0 spiro atoms. The van der Waals surface area contributed by atoms with E-state index in [2.05, 4.69) is 10.1 Å². The van der Waals surface area contributed by atoms with Crippen LogP contribution in [0.15, 0.2) is 48.5 Å². The van der Waals surface area contributed by atoms with Crippen molar-refractivity contribution >= 4 is 29.5 Å². The second-order valence-electron chi connectivity index (χ2n) is 6.56. The van der Waals surface area contributed by atoms with E-state index < -0.39 is 30.4 Å². The Balaban J connectivity index is 1.70. The SMILES string of the molecule is CSCC[C@@H](C(=O)NCc1ccc(OC(F)F)cc1)N1C(=O)c2ccccc2C1=O. The second-order valence-corrected chi connectivity index (χ2v) is 7.55. The Hall–Kier alpha value is -2.94. The molecule has 0 fully saturated rings. The van der Waals surface area contributed by atoms with E-state index in [0.29, 0.717) is 28.9 Å². The maximum atomic E-state index is 12.9. The van der Waals surface area contributed by atoms with Gasteiger partial charge in [0.1, 0.15) is 11.8 Å². The fraction of sp³-hybridized carbons (Fsp3) is 0.286. The summed E-state index contributed by atoms with van der Waals surface area (Å²) in [6.45, 7) is -2.79. The van der Waals surface area contributed by atoms with Gasteiger partial charge in [-0.2, -0.15) is 20.5 Å². The number of hydrogen-bond acceptors (Lipinski definition) is 5. The standard InChI is InChI=1S/C21H20F2N2O4S/c1-30-11-10-17(25-19(27)15-4-2-3-5-16(15)20(25)28)18(26)24-12-13-6-8-14(9-7-13)29-21(22)23/h2-9,17,21H,10-12H2,1H3,(H,24,26)/t17-/m0/s1. The summed E-state index contributed by atoms with van der Waals surface area (Å²) in [6.07, 6.45) is 2.19. The average Bonchev–Trinajstić information content (AvgIpc) is 2.98. The predicted octanol–water partition coefficient (Wildman–Crippen LogP) is 3.32. The Morgan fingerprint density at radius 2 is 1.67 bits per heavy atom. The van der Waals surface area contributed by atoms with Crippen molar-refractivity contribution in [3.63, 3.8) is 0 Å². The van der Waals surface area contributed by atoms with Crippen LogP contribution in [-0.2, 0) is 11.3 Å². The van der Waals surface area contributed by atoms with Crippen LogP contribution in [0.3, 0.4) is 0 Å². The number of alkyl halides is 2. The number of nitrogens with one attached hydrogen (secondary N) is 1. The van der Waals surface area contributed by atoms with Gasteiger partial charge in [-0.15, -0.1) is 0 Å². The van der Waals surface area contributed by atoms with Crippen LogP contribution in [-0.4, -0.2) is 47.3 Å². The van der Waals surface area contributed by atoms with E-state index in [4.69, 9.17) is 0 Å². The molecule has 0 saturated carbocycles. The van der Waals surface area contributed by atoms with E-state index in [1.54, 1.807) is 36.4 Å². The molecule has 30 heavy (non-hydrogen) atoms. The van der Waals surface area contributed by atoms with Crippen LogP contribution in [0.4, 0.5) is 8.78 Å². The molecule has 0 aromatic heterocycles. The minimum absolute atomic E-state index is 0.0175. The predicted molar refractivity (Wildman–Crippen MR) is 109 cm³/mol. The zero-order valence-electron chi connectivity index (χ0n) is 16.1. The van der Waals surface area contributed by atoms with E-state index in [9.17, 15) is 23.2 Å². The maximum Gasteiger partial charge on any atom is 0.387 e. The number of amides is 3. The van der Waals surface area contributed by atoms with Gasteiger partial charge in [0.15, 0.2) is 0 Å². The van der Waals surface area contributed by atoms with Gasteiger partial charge in [0.25, 0.3) is 11.8 Å². The first-order chi connectivity index (χ1) is 14.4. The monoisotopic (exact) mass is 434 g/mol. The first kappa shape index (κ1) is 21.8. The molecule has 1 N–H and O–H groups in total. The van der Waals surface area contributed by atoms with E-state index in [1.807, 2.05) is 6.26 Å². The van der Waals surface area contributed by atoms with Gasteiger partial charge in [-0.05, 0) is 48.3 Å². The molecule has 1 heterocycles. The lowest BCUT2D eigenvalue weighted by atomic mass is 10.1. The van der Waals surface area contributed by atoms with Gasteiger partial charge in [0, 0.05) is 6.54 Å². The van der Waals surface area contributed by atoms with Crippen LogP contribution in [0.5, 0.6) is 5.75 Å². The number of hydrogen-bond donors (Lipinski definition) is 1. The number of benzene rings is 2. The first-order valence-corrected chi connectivity index (χ1v) is 10.6. The molecule has 1 atom stereocenters. The number of rotatable bonds is 9. The number of imide groups is 1. The zero-order chi connectivity index (χ0) is 21.7. The third kappa shape index (κ3) is 4.79. The minimum atomic E-state index is -2.91. The summed E-state index contributed by atoms with van der Waals surface area (Å²) in [5.41, 5.74) is 1.24. The maximum absolute atomic E-state index is 12.9. The molecule has 1 aliphatic rings. The Bertz CT molecular complexity index is 902. The number of carbonyl (C=O) groups excluding carboxylic acids is 3. The van der Waals surface area contributed by atoms with Crippen molar-refractivity contribution in [3.05, 3.63) is 65.2 Å². The summed E-state index contributed by atoms with van der Waals surface area (Å²) in [5, 5.41) is 2.73. The van der Waals surface area contributed by atoms with Gasteiger partial charge >= 0.3 is 6.61 Å². The number of fused-ring (bicyclic) bond motifs is 1. The molecule has 0 bridgehead atoms. The summed E-state index contributed by atoms with van der Waals surface area (Å²) in [6, 6.07) is 11.4. The van der Waals surface area contributed by atoms with E-state index in [1.165, 1.54) is 23.9 Å². The Morgan fingerprint density at radius 3 is 2.20 bits per heavy atom. The van der Waals surface area contributed by atoms with Crippen molar-refractivity contribution in [2.45, 2.75) is 25.6 Å². The molecule has 9 heteroatoms. The molecule has 2 aromatic carbocycles. The van der Waals surface area contributed by atoms with Crippen LogP contribution in [0.2, 0.25) is 0 Å². The minimum Gasteiger partial charge on any atom is -0.435 e. The third-order valence-electron chi connectivity index (χ3n) is 4.65. The number of halogens is 2. The third-order valence-corrected chi connectivity index (χ3v) is 5.29. The van der Waals surface area contributed by atoms with Gasteiger partial charge in [-0.25, -0.2) is 0 Å². The molecule has 3 rings (SSSR count). The highest BCUT2D eigenvalue weighted by Crippen LogP contribution is 2.26. The van der Waals surface area contributed by atoms with Crippen molar-refractivity contribution in [1.82, 2.24) is 10.2 Å². The van der Waals surface area contributed by atoms with Crippen LogP contribution in [0.1, 0.15) is 32.7 Å². The Morgan fingerprint density at radius 1 is 1.07 bits per heavy atom. The zero-order valence-corrected chi connectivity index (χ0v) is 17.0. The number of nitrogens with zero attached hydrogens (tertiary/aromatic N) is 1. The smallest absolute Gasteiger partial charge is 0.387 e. The molecule has 1 aliphatic heterocycles. The summed E-state index contributed by atoms with van der Waals surface area (Å²) in [4.78, 5) is 39.4. The van der Waals surface area contributed by atoms with Crippen LogP contribution in [0.25, 0.3) is 0 Å². The quantitative estimate of drug-likeness (QED) is 0.613. The summed E-state index contributed by atoms with van der Waals surface area (Å²) < 4.78 is 28.8. The lowest BCUT2D eigenvalue weighted by molar-refractivity contribution is -0.125. The summed E-state index contributed by atoms with van der Waals surface area (Å²) >= 11 is 1.51. The largest absolute Gasteiger partial charge is 0.435 e. The van der Waals surface area contributed by atoms with Crippen LogP contribution >= 0.6 is 11.8 Å². The molecule has 158 valence electrons. The molecule has 3 amide bonds. The number of thioether (sulfide) groups is 1. The van der Waals surface area contributed by atoms with Crippen molar-refractivity contribution in [3.8, 4) is 5.75 Å². The molecular weight excluding hydrogens is 414 g/mol. The van der Waals surface area contributed by atoms with Gasteiger partial charge < -0.3 is 10.1 Å². The summed E-state index contributed by atoms with van der Waals surface area (Å²) in [5.74, 6) is -0.809. The first-order valence-electron chi connectivity index (χ1n) is 9.19. The molecule has 0 saturated heterocycles. The molecule has 0 aliphatic carbocycles. The molecule has 6 nitrogen and oxygen atoms in total. The fourth-order valence-electron chi connectivity index (χ4n) is 3.19. The topological polar surface area (TPSA) is 75.7 Å². The number of carbonyl (C=O) groups is 3. The highest BCUT2D eigenvalue weighted by atomic mass is 32.2. The fourth-order valence-corrected chi connectivity index (χ4v) is 3.65. The van der Waals surface area contributed by atoms with Crippen molar-refractivity contribution in [2.75, 3.05) is 12.0 Å². The van der Waals surface area contributed by atoms with Crippen molar-refractivity contribution < 1.29 is 27.9 Å². The van der Waals surface area contributed by atoms with Crippen LogP contribution in [0, 0.1) is 0 Å². The van der Waals surface area contributed by atoms with Gasteiger partial charge in [0.2, 0.25) is 5.91 Å². The van der Waals surface area contributed by atoms with Gasteiger partial charge in [-0.3, -0.25) is 19.3 Å². The Labute approximate surface area is 176 Å². The molecule has 2 aromatic rings.